The number of anilines is 2. The molecule has 38 heavy (non-hydrogen) atoms. The molecule has 3 aliphatic rings. The first-order valence-electron chi connectivity index (χ1n) is 14.5. The molecule has 2 unspecified atom stereocenters. The summed E-state index contributed by atoms with van der Waals surface area (Å²) in [6, 6.07) is 6.91. The third-order valence-corrected chi connectivity index (χ3v) is 7.88. The maximum Gasteiger partial charge on any atom is 0.226 e. The van der Waals surface area contributed by atoms with Crippen LogP contribution in [-0.2, 0) is 9.59 Å². The minimum atomic E-state index is 0.117. The van der Waals surface area contributed by atoms with Crippen LogP contribution < -0.4 is 20.4 Å². The summed E-state index contributed by atoms with van der Waals surface area (Å²) >= 11 is 0. The molecule has 7 nitrogen and oxygen atoms in total. The molecule has 3 heterocycles. The van der Waals surface area contributed by atoms with Gasteiger partial charge < -0.3 is 30.1 Å². The zero-order valence-corrected chi connectivity index (χ0v) is 24.9. The van der Waals surface area contributed by atoms with Gasteiger partial charge in [-0.25, -0.2) is 0 Å². The Balaban J connectivity index is 0.000000277. The zero-order chi connectivity index (χ0) is 28.1. The minimum absolute atomic E-state index is 0.117. The van der Waals surface area contributed by atoms with Gasteiger partial charge in [0.2, 0.25) is 5.91 Å². The summed E-state index contributed by atoms with van der Waals surface area (Å²) in [4.78, 5) is 28.0. The van der Waals surface area contributed by atoms with Gasteiger partial charge >= 0.3 is 0 Å². The predicted octanol–water partition coefficient (Wildman–Crippen LogP) is 4.46. The number of nitrogens with zero attached hydrogens (tertiary/aromatic N) is 3. The van der Waals surface area contributed by atoms with Crippen molar-refractivity contribution in [3.05, 3.63) is 36.0 Å². The fraction of sp³-hybridized carbons (Fsp3) is 0.677. The molecule has 0 aliphatic carbocycles. The van der Waals surface area contributed by atoms with Gasteiger partial charge in [0.25, 0.3) is 0 Å². The van der Waals surface area contributed by atoms with E-state index < -0.39 is 0 Å². The lowest BCUT2D eigenvalue weighted by Gasteiger charge is -2.37. The molecule has 0 aromatic heterocycles. The molecule has 0 bridgehead atoms. The van der Waals surface area contributed by atoms with Crippen LogP contribution in [0.4, 0.5) is 11.4 Å². The number of piperazine rings is 1. The van der Waals surface area contributed by atoms with Crippen molar-refractivity contribution in [2.45, 2.75) is 59.8 Å². The quantitative estimate of drug-likeness (QED) is 0.533. The first-order chi connectivity index (χ1) is 18.1. The topological polar surface area (TPSA) is 67.9 Å². The van der Waals surface area contributed by atoms with E-state index in [0.717, 1.165) is 50.3 Å². The maximum absolute atomic E-state index is 10.8. The van der Waals surface area contributed by atoms with Crippen LogP contribution in [-0.4, -0.2) is 77.0 Å². The molecule has 0 saturated carbocycles. The van der Waals surface area contributed by atoms with E-state index in [0.29, 0.717) is 0 Å². The van der Waals surface area contributed by atoms with Gasteiger partial charge in [0.15, 0.2) is 0 Å². The second-order valence-corrected chi connectivity index (χ2v) is 11.4. The van der Waals surface area contributed by atoms with Crippen molar-refractivity contribution in [3.8, 4) is 0 Å². The second-order valence-electron chi connectivity index (χ2n) is 11.4. The van der Waals surface area contributed by atoms with E-state index in [9.17, 15) is 9.59 Å². The van der Waals surface area contributed by atoms with Crippen molar-refractivity contribution in [3.63, 3.8) is 0 Å². The predicted molar refractivity (Wildman–Crippen MR) is 161 cm³/mol. The van der Waals surface area contributed by atoms with Crippen molar-refractivity contribution in [1.82, 2.24) is 15.5 Å². The van der Waals surface area contributed by atoms with E-state index >= 15 is 0 Å². The van der Waals surface area contributed by atoms with Crippen LogP contribution in [0.15, 0.2) is 30.5 Å². The van der Waals surface area contributed by atoms with Gasteiger partial charge in [-0.05, 0) is 62.6 Å². The molecule has 1 aromatic carbocycles. The standard InChI is InChI=1S/C19H32N4.C7H11NO.C5H10O/c1-16-4-5-18(14-19(16)21(2)3)23-10-6-17(7-11-23)15-22-12-8-20-9-13-22;1-5-3-4-6(2)8-7(5)9;1-3-5(2)4-6/h4-5,14,17,20H,6-13,15H2,1-3H3;5H,2-4H2,1H3,(H,8,9);4-5H,3H2,1-2H3. The van der Waals surface area contributed by atoms with Crippen LogP contribution in [0.25, 0.3) is 0 Å². The molecule has 3 aliphatic heterocycles. The van der Waals surface area contributed by atoms with Gasteiger partial charge in [-0.1, -0.05) is 33.4 Å². The number of hydrogen-bond acceptors (Lipinski definition) is 6. The normalized spacial score (nSPS) is 21.3. The Hall–Kier alpha value is -2.38. The Labute approximate surface area is 232 Å². The van der Waals surface area contributed by atoms with Gasteiger partial charge in [0.05, 0.1) is 0 Å². The van der Waals surface area contributed by atoms with Crippen molar-refractivity contribution in [2.75, 3.05) is 69.7 Å². The van der Waals surface area contributed by atoms with Crippen LogP contribution in [0.3, 0.4) is 0 Å². The van der Waals surface area contributed by atoms with E-state index in [1.165, 1.54) is 62.5 Å². The number of benzene rings is 1. The van der Waals surface area contributed by atoms with Gasteiger partial charge in [0, 0.05) is 88.8 Å². The number of carbonyl (C=O) groups excluding carboxylic acids is 2. The Morgan fingerprint density at radius 1 is 1.13 bits per heavy atom. The summed E-state index contributed by atoms with van der Waals surface area (Å²) < 4.78 is 0. The summed E-state index contributed by atoms with van der Waals surface area (Å²) in [6.45, 7) is 20.2. The molecule has 2 N–H and O–H groups in total. The number of carbonyl (C=O) groups is 2. The van der Waals surface area contributed by atoms with E-state index in [4.69, 9.17) is 0 Å². The average Bonchev–Trinajstić information content (AvgIpc) is 2.92. The highest BCUT2D eigenvalue weighted by Crippen LogP contribution is 2.29. The van der Waals surface area contributed by atoms with Crippen molar-refractivity contribution >= 4 is 23.6 Å². The van der Waals surface area contributed by atoms with E-state index in [1.54, 1.807) is 0 Å². The van der Waals surface area contributed by atoms with Crippen molar-refractivity contribution in [2.24, 2.45) is 17.8 Å². The summed E-state index contributed by atoms with van der Waals surface area (Å²) in [5.41, 5.74) is 4.94. The van der Waals surface area contributed by atoms with E-state index in [-0.39, 0.29) is 17.7 Å². The molecule has 2 atom stereocenters. The number of allylic oxidation sites excluding steroid dienone is 1. The molecule has 3 saturated heterocycles. The molecule has 7 heteroatoms. The molecular weight excluding hydrogens is 474 g/mol. The summed E-state index contributed by atoms with van der Waals surface area (Å²) in [5.74, 6) is 1.43. The number of aryl methyl sites for hydroxylation is 1. The zero-order valence-electron chi connectivity index (χ0n) is 24.9. The van der Waals surface area contributed by atoms with Gasteiger partial charge in [0.1, 0.15) is 6.29 Å². The lowest BCUT2D eigenvalue weighted by molar-refractivity contribution is -0.124. The first-order valence-corrected chi connectivity index (χ1v) is 14.5. The Kier molecular flexibility index (Phi) is 13.9. The highest BCUT2D eigenvalue weighted by Gasteiger charge is 2.23. The lowest BCUT2D eigenvalue weighted by atomic mass is 9.95. The molecule has 1 aromatic rings. The van der Waals surface area contributed by atoms with Gasteiger partial charge in [-0.3, -0.25) is 4.79 Å². The van der Waals surface area contributed by atoms with Gasteiger partial charge in [-0.15, -0.1) is 0 Å². The molecule has 4 rings (SSSR count). The van der Waals surface area contributed by atoms with Crippen LogP contribution in [0, 0.1) is 24.7 Å². The second kappa shape index (κ2) is 16.6. The molecular formula is C31H53N5O2. The van der Waals surface area contributed by atoms with E-state index in [2.05, 4.69) is 71.1 Å². The van der Waals surface area contributed by atoms with Crippen LogP contribution >= 0.6 is 0 Å². The van der Waals surface area contributed by atoms with E-state index in [1.807, 2.05) is 20.8 Å². The summed E-state index contributed by atoms with van der Waals surface area (Å²) in [5, 5.41) is 6.14. The Morgan fingerprint density at radius 3 is 2.29 bits per heavy atom. The Morgan fingerprint density at radius 2 is 1.79 bits per heavy atom. The number of hydrogen-bond donors (Lipinski definition) is 2. The lowest BCUT2D eigenvalue weighted by Crippen LogP contribution is -2.46. The van der Waals surface area contributed by atoms with Crippen LogP contribution in [0.2, 0.25) is 0 Å². The molecule has 0 radical (unpaired) electrons. The smallest absolute Gasteiger partial charge is 0.226 e. The number of rotatable bonds is 6. The number of amides is 1. The SMILES string of the molecule is C=C1CCC(C)C(=O)N1.CCC(C)C=O.Cc1ccc(N2CCC(CN3CCNCC3)CC2)cc1N(C)C. The monoisotopic (exact) mass is 527 g/mol. The number of nitrogens with one attached hydrogen (secondary N) is 2. The van der Waals surface area contributed by atoms with Gasteiger partial charge in [-0.2, -0.15) is 0 Å². The average molecular weight is 528 g/mol. The van der Waals surface area contributed by atoms with Crippen molar-refractivity contribution < 1.29 is 9.59 Å². The molecule has 0 spiro atoms. The minimum Gasteiger partial charge on any atom is -0.377 e. The molecule has 214 valence electrons. The number of aldehydes is 1. The van der Waals surface area contributed by atoms with Crippen LogP contribution in [0.1, 0.15) is 58.4 Å². The van der Waals surface area contributed by atoms with Crippen molar-refractivity contribution in [1.29, 1.82) is 0 Å². The third-order valence-electron chi connectivity index (χ3n) is 7.88. The van der Waals surface area contributed by atoms with Crippen LogP contribution in [0.5, 0.6) is 0 Å². The highest BCUT2D eigenvalue weighted by molar-refractivity contribution is 5.80. The molecule has 1 amide bonds. The maximum atomic E-state index is 10.8. The fourth-order valence-electron chi connectivity index (χ4n) is 4.89. The largest absolute Gasteiger partial charge is 0.377 e. The third kappa shape index (κ3) is 10.8. The summed E-state index contributed by atoms with van der Waals surface area (Å²) in [7, 11) is 4.26. The highest BCUT2D eigenvalue weighted by atomic mass is 16.2. The number of piperidine rings is 2. The summed E-state index contributed by atoms with van der Waals surface area (Å²) in [6.07, 6.45) is 6.48. The fourth-order valence-corrected chi connectivity index (χ4v) is 4.89. The first kappa shape index (κ1) is 31.8. The molecule has 3 fully saturated rings. The Bertz CT molecular complexity index is 873.